The molecule has 24 heavy (non-hydrogen) atoms. The highest BCUT2D eigenvalue weighted by atomic mass is 16.5. The molecule has 0 radical (unpaired) electrons. The van der Waals surface area contributed by atoms with E-state index in [1.165, 1.54) is 32.4 Å². The molecule has 3 heterocycles. The summed E-state index contributed by atoms with van der Waals surface area (Å²) in [4.78, 5) is 12.2. The number of aliphatic imine (C=N–C) groups is 1. The van der Waals surface area contributed by atoms with Crippen LogP contribution in [0.2, 0.25) is 0 Å². The lowest BCUT2D eigenvalue weighted by Gasteiger charge is -2.38. The summed E-state index contributed by atoms with van der Waals surface area (Å²) in [5.74, 6) is 1.07. The summed E-state index contributed by atoms with van der Waals surface area (Å²) in [6.45, 7) is 13.1. The van der Waals surface area contributed by atoms with Crippen LogP contribution >= 0.6 is 0 Å². The average molecular weight is 338 g/mol. The summed E-state index contributed by atoms with van der Waals surface area (Å²) in [5, 5.41) is 3.62. The largest absolute Gasteiger partial charge is 0.379 e. The van der Waals surface area contributed by atoms with E-state index < -0.39 is 0 Å². The topological polar surface area (TPSA) is 43.3 Å². The van der Waals surface area contributed by atoms with Gasteiger partial charge in [0.05, 0.1) is 13.2 Å². The molecule has 0 amide bonds. The van der Waals surface area contributed by atoms with Crippen molar-refractivity contribution in [2.75, 3.05) is 59.5 Å². The second kappa shape index (κ2) is 8.50. The van der Waals surface area contributed by atoms with E-state index in [-0.39, 0.29) is 0 Å². The van der Waals surface area contributed by atoms with Gasteiger partial charge in [0.1, 0.15) is 0 Å². The van der Waals surface area contributed by atoms with Crippen molar-refractivity contribution >= 4 is 5.96 Å². The van der Waals surface area contributed by atoms with Gasteiger partial charge >= 0.3 is 0 Å². The fourth-order valence-corrected chi connectivity index (χ4v) is 4.42. The summed E-state index contributed by atoms with van der Waals surface area (Å²) in [6, 6.07) is 1.73. The third-order valence-corrected chi connectivity index (χ3v) is 5.87. The van der Waals surface area contributed by atoms with Crippen LogP contribution in [0.25, 0.3) is 0 Å². The van der Waals surface area contributed by atoms with Gasteiger partial charge < -0.3 is 15.0 Å². The molecule has 3 atom stereocenters. The first kappa shape index (κ1) is 18.0. The van der Waals surface area contributed by atoms with Crippen LogP contribution < -0.4 is 5.32 Å². The molecule has 6 heteroatoms. The molecule has 0 aromatic heterocycles. The zero-order valence-corrected chi connectivity index (χ0v) is 15.7. The Hall–Kier alpha value is -0.850. The van der Waals surface area contributed by atoms with Crippen LogP contribution in [0, 0.1) is 0 Å². The number of morpholine rings is 1. The molecule has 3 aliphatic heterocycles. The van der Waals surface area contributed by atoms with Crippen molar-refractivity contribution in [2.24, 2.45) is 4.99 Å². The fourth-order valence-electron chi connectivity index (χ4n) is 4.42. The van der Waals surface area contributed by atoms with Gasteiger partial charge in [-0.3, -0.25) is 14.8 Å². The summed E-state index contributed by atoms with van der Waals surface area (Å²) in [6.07, 6.45) is 4.02. The van der Waals surface area contributed by atoms with Gasteiger partial charge in [-0.15, -0.1) is 0 Å². The van der Waals surface area contributed by atoms with E-state index in [0.29, 0.717) is 12.1 Å². The van der Waals surface area contributed by atoms with E-state index in [2.05, 4.69) is 38.9 Å². The van der Waals surface area contributed by atoms with E-state index in [1.54, 1.807) is 0 Å². The second-order valence-corrected chi connectivity index (χ2v) is 7.57. The molecule has 0 spiro atoms. The molecule has 3 saturated heterocycles. The molecule has 3 aliphatic rings. The highest BCUT2D eigenvalue weighted by molar-refractivity contribution is 5.80. The molecule has 6 nitrogen and oxygen atoms in total. The third kappa shape index (κ3) is 4.21. The maximum absolute atomic E-state index is 5.55. The van der Waals surface area contributed by atoms with Crippen molar-refractivity contribution in [1.29, 1.82) is 0 Å². The third-order valence-electron chi connectivity index (χ3n) is 5.87. The summed E-state index contributed by atoms with van der Waals surface area (Å²) in [7, 11) is 1.91. The van der Waals surface area contributed by atoms with Crippen molar-refractivity contribution < 1.29 is 4.74 Å². The van der Waals surface area contributed by atoms with Crippen molar-refractivity contribution in [2.45, 2.75) is 51.2 Å². The minimum Gasteiger partial charge on any atom is -0.379 e. The Morgan fingerprint density at radius 1 is 1.25 bits per heavy atom. The SMILES string of the molecule is CN=C(NCC(C)N1CCOCC1C)N1CCC(N2CCCC2)C1. The Kier molecular flexibility index (Phi) is 6.36. The summed E-state index contributed by atoms with van der Waals surface area (Å²) < 4.78 is 5.55. The Bertz CT molecular complexity index is 424. The number of guanidine groups is 1. The van der Waals surface area contributed by atoms with Crippen molar-refractivity contribution in [3.63, 3.8) is 0 Å². The molecule has 3 fully saturated rings. The molecule has 0 saturated carbocycles. The van der Waals surface area contributed by atoms with Gasteiger partial charge in [-0.05, 0) is 46.2 Å². The van der Waals surface area contributed by atoms with Crippen LogP contribution in [0.15, 0.2) is 4.99 Å². The van der Waals surface area contributed by atoms with Crippen LogP contribution in [0.3, 0.4) is 0 Å². The smallest absolute Gasteiger partial charge is 0.193 e. The normalized spacial score (nSPS) is 31.6. The van der Waals surface area contributed by atoms with Crippen LogP contribution in [-0.4, -0.2) is 98.3 Å². The first-order chi connectivity index (χ1) is 11.7. The highest BCUT2D eigenvalue weighted by Crippen LogP contribution is 2.20. The van der Waals surface area contributed by atoms with Gasteiger partial charge in [-0.1, -0.05) is 0 Å². The lowest BCUT2D eigenvalue weighted by atomic mass is 10.2. The Labute approximate surface area is 147 Å². The lowest BCUT2D eigenvalue weighted by molar-refractivity contribution is -0.0175. The number of rotatable bonds is 4. The van der Waals surface area contributed by atoms with Gasteiger partial charge in [-0.2, -0.15) is 0 Å². The Morgan fingerprint density at radius 2 is 2.04 bits per heavy atom. The standard InChI is InChI=1S/C18H35N5O/c1-15(23-10-11-24-14-16(23)2)12-20-18(19-3)22-9-6-17(13-22)21-7-4-5-8-21/h15-17H,4-14H2,1-3H3,(H,19,20). The quantitative estimate of drug-likeness (QED) is 0.608. The summed E-state index contributed by atoms with van der Waals surface area (Å²) >= 11 is 0. The van der Waals surface area contributed by atoms with E-state index in [1.807, 2.05) is 7.05 Å². The Balaban J connectivity index is 1.46. The molecular weight excluding hydrogens is 302 g/mol. The average Bonchev–Trinajstić information content (AvgIpc) is 3.27. The number of hydrogen-bond donors (Lipinski definition) is 1. The molecular formula is C18H35N5O. The van der Waals surface area contributed by atoms with E-state index in [9.17, 15) is 0 Å². The minimum absolute atomic E-state index is 0.498. The molecule has 3 rings (SSSR count). The van der Waals surface area contributed by atoms with E-state index >= 15 is 0 Å². The summed E-state index contributed by atoms with van der Waals surface area (Å²) in [5.41, 5.74) is 0. The van der Waals surface area contributed by atoms with Crippen molar-refractivity contribution in [1.82, 2.24) is 20.0 Å². The molecule has 138 valence electrons. The van der Waals surface area contributed by atoms with Crippen LogP contribution in [-0.2, 0) is 4.74 Å². The molecule has 0 aromatic rings. The monoisotopic (exact) mass is 337 g/mol. The predicted molar refractivity (Wildman–Crippen MR) is 98.6 cm³/mol. The maximum atomic E-state index is 5.55. The van der Waals surface area contributed by atoms with Crippen LogP contribution in [0.5, 0.6) is 0 Å². The number of nitrogens with one attached hydrogen (secondary N) is 1. The lowest BCUT2D eigenvalue weighted by Crippen LogP contribution is -2.53. The first-order valence-electron chi connectivity index (χ1n) is 9.72. The molecule has 0 aromatic carbocycles. The molecule has 1 N–H and O–H groups in total. The minimum atomic E-state index is 0.498. The van der Waals surface area contributed by atoms with E-state index in [0.717, 1.165) is 51.4 Å². The first-order valence-corrected chi connectivity index (χ1v) is 9.72. The molecule has 3 unspecified atom stereocenters. The van der Waals surface area contributed by atoms with Gasteiger partial charge in [0.25, 0.3) is 0 Å². The predicted octanol–water partition coefficient (Wildman–Crippen LogP) is 0.841. The molecule has 0 aliphatic carbocycles. The fraction of sp³-hybridized carbons (Fsp3) is 0.944. The van der Waals surface area contributed by atoms with Gasteiger partial charge in [0.15, 0.2) is 5.96 Å². The van der Waals surface area contributed by atoms with Crippen molar-refractivity contribution in [3.8, 4) is 0 Å². The van der Waals surface area contributed by atoms with Crippen molar-refractivity contribution in [3.05, 3.63) is 0 Å². The highest BCUT2D eigenvalue weighted by Gasteiger charge is 2.31. The van der Waals surface area contributed by atoms with Gasteiger partial charge in [0.2, 0.25) is 0 Å². The van der Waals surface area contributed by atoms with E-state index in [4.69, 9.17) is 4.74 Å². The number of nitrogens with zero attached hydrogens (tertiary/aromatic N) is 4. The Morgan fingerprint density at radius 3 is 2.75 bits per heavy atom. The van der Waals surface area contributed by atoms with Crippen LogP contribution in [0.4, 0.5) is 0 Å². The zero-order chi connectivity index (χ0) is 16.9. The second-order valence-electron chi connectivity index (χ2n) is 7.57. The van der Waals surface area contributed by atoms with Gasteiger partial charge in [-0.25, -0.2) is 0 Å². The van der Waals surface area contributed by atoms with Gasteiger partial charge in [0, 0.05) is 51.4 Å². The number of likely N-dealkylation sites (tertiary alicyclic amines) is 2. The molecule has 0 bridgehead atoms. The van der Waals surface area contributed by atoms with Crippen LogP contribution in [0.1, 0.15) is 33.1 Å². The maximum Gasteiger partial charge on any atom is 0.193 e. The zero-order valence-electron chi connectivity index (χ0n) is 15.7. The number of ether oxygens (including phenoxy) is 1. The number of hydrogen-bond acceptors (Lipinski definition) is 4.